The summed E-state index contributed by atoms with van der Waals surface area (Å²) in [6.07, 6.45) is 0. The van der Waals surface area contributed by atoms with Gasteiger partial charge in [-0.05, 0) is 31.0 Å². The molecule has 0 aliphatic rings. The van der Waals surface area contributed by atoms with E-state index >= 15 is 0 Å². The summed E-state index contributed by atoms with van der Waals surface area (Å²) in [5.74, 6) is -0.847. The van der Waals surface area contributed by atoms with Gasteiger partial charge in [-0.3, -0.25) is 20.0 Å². The van der Waals surface area contributed by atoms with Gasteiger partial charge in [-0.25, -0.2) is 0 Å². The molecule has 2 rings (SSSR count). The van der Waals surface area contributed by atoms with Gasteiger partial charge in [-0.1, -0.05) is 0 Å². The summed E-state index contributed by atoms with van der Waals surface area (Å²) in [7, 11) is 0. The van der Waals surface area contributed by atoms with Crippen LogP contribution in [0.25, 0.3) is 0 Å². The smallest absolute Gasteiger partial charge is 0.293 e. The zero-order chi connectivity index (χ0) is 14.9. The summed E-state index contributed by atoms with van der Waals surface area (Å²) in [6.45, 7) is 3.55. The molecule has 1 amide bonds. The molecule has 0 fully saturated rings. The number of benzene rings is 1. The summed E-state index contributed by atoms with van der Waals surface area (Å²) in [5.41, 5.74) is 6.78. The number of nitrogens with two attached hydrogens (primary N) is 1. The highest BCUT2D eigenvalue weighted by molar-refractivity contribution is 6.03. The van der Waals surface area contributed by atoms with Crippen LogP contribution in [0.15, 0.2) is 12.1 Å². The Morgan fingerprint density at radius 3 is 2.60 bits per heavy atom. The van der Waals surface area contributed by atoms with Crippen LogP contribution in [0.2, 0.25) is 0 Å². The number of anilines is 2. The number of nitro groups is 1. The van der Waals surface area contributed by atoms with Crippen molar-refractivity contribution in [2.75, 3.05) is 11.1 Å². The zero-order valence-electron chi connectivity index (χ0n) is 10.8. The largest absolute Gasteiger partial charge is 0.366 e. The molecular formula is C11H12N6O3. The van der Waals surface area contributed by atoms with Gasteiger partial charge < -0.3 is 11.1 Å². The average Bonchev–Trinajstić information content (AvgIpc) is 2.80. The van der Waals surface area contributed by atoms with Crippen LogP contribution in [0.1, 0.15) is 21.7 Å². The van der Waals surface area contributed by atoms with E-state index in [2.05, 4.69) is 20.5 Å². The maximum Gasteiger partial charge on any atom is 0.293 e. The first-order valence-electron chi connectivity index (χ1n) is 5.63. The van der Waals surface area contributed by atoms with Crippen LogP contribution in [0.5, 0.6) is 0 Å². The minimum Gasteiger partial charge on any atom is -0.366 e. The van der Waals surface area contributed by atoms with Crippen molar-refractivity contribution in [3.63, 3.8) is 0 Å². The lowest BCUT2D eigenvalue weighted by Crippen LogP contribution is -2.15. The Balaban J connectivity index is 2.35. The molecule has 0 unspecified atom stereocenters. The van der Waals surface area contributed by atoms with Crippen LogP contribution in [0.4, 0.5) is 17.3 Å². The topological polar surface area (TPSA) is 140 Å². The van der Waals surface area contributed by atoms with E-state index in [9.17, 15) is 14.9 Å². The van der Waals surface area contributed by atoms with Crippen LogP contribution < -0.4 is 11.1 Å². The normalized spacial score (nSPS) is 10.3. The molecule has 104 valence electrons. The number of amides is 1. The molecule has 1 aromatic carbocycles. The Morgan fingerprint density at radius 2 is 2.05 bits per heavy atom. The van der Waals surface area contributed by atoms with Gasteiger partial charge in [0.2, 0.25) is 11.8 Å². The molecule has 9 heteroatoms. The van der Waals surface area contributed by atoms with Crippen molar-refractivity contribution in [2.45, 2.75) is 13.8 Å². The van der Waals surface area contributed by atoms with Gasteiger partial charge in [0, 0.05) is 6.07 Å². The number of nitro benzene ring substituents is 1. The van der Waals surface area contributed by atoms with Crippen LogP contribution in [0.3, 0.4) is 0 Å². The maximum absolute atomic E-state index is 11.9. The molecule has 0 aliphatic carbocycles. The molecule has 2 aromatic rings. The Bertz CT molecular complexity index is 693. The number of hydrogen-bond acceptors (Lipinski definition) is 6. The highest BCUT2D eigenvalue weighted by Crippen LogP contribution is 2.28. The van der Waals surface area contributed by atoms with Crippen LogP contribution >= 0.6 is 0 Å². The Morgan fingerprint density at radius 1 is 1.40 bits per heavy atom. The number of carbonyl (C=O) groups is 1. The third kappa shape index (κ3) is 2.55. The molecule has 1 heterocycles. The van der Waals surface area contributed by atoms with Crippen molar-refractivity contribution >= 4 is 23.2 Å². The van der Waals surface area contributed by atoms with E-state index in [1.165, 1.54) is 12.1 Å². The number of nitrogens with zero attached hydrogens (tertiary/aromatic N) is 3. The van der Waals surface area contributed by atoms with Gasteiger partial charge in [-0.2, -0.15) is 4.98 Å². The lowest BCUT2D eigenvalue weighted by Gasteiger charge is -2.07. The van der Waals surface area contributed by atoms with Gasteiger partial charge in [0.1, 0.15) is 5.69 Å². The summed E-state index contributed by atoms with van der Waals surface area (Å²) in [5, 5.41) is 19.3. The SMILES string of the molecule is Cc1cc(NC(=O)c2nc(N)n[nH]2)c([N+](=O)[O-])cc1C. The second-order valence-corrected chi connectivity index (χ2v) is 4.21. The van der Waals surface area contributed by atoms with Gasteiger partial charge in [0.25, 0.3) is 11.6 Å². The molecule has 0 saturated heterocycles. The lowest BCUT2D eigenvalue weighted by atomic mass is 10.1. The summed E-state index contributed by atoms with van der Waals surface area (Å²) < 4.78 is 0. The third-order valence-corrected chi connectivity index (χ3v) is 2.77. The van der Waals surface area contributed by atoms with Crippen LogP contribution in [0, 0.1) is 24.0 Å². The standard InChI is InChI=1S/C11H12N6O3/c1-5-3-7(8(17(19)20)4-6(5)2)13-10(18)9-14-11(12)16-15-9/h3-4H,1-2H3,(H,13,18)(H3,12,14,15,16). The van der Waals surface area contributed by atoms with Gasteiger partial charge in [0.15, 0.2) is 0 Å². The van der Waals surface area contributed by atoms with Crippen molar-refractivity contribution in [3.8, 4) is 0 Å². The quantitative estimate of drug-likeness (QED) is 0.567. The first kappa shape index (κ1) is 13.5. The number of aromatic amines is 1. The lowest BCUT2D eigenvalue weighted by molar-refractivity contribution is -0.384. The molecule has 0 saturated carbocycles. The molecule has 0 atom stereocenters. The Kier molecular flexibility index (Phi) is 3.34. The first-order valence-corrected chi connectivity index (χ1v) is 5.63. The molecule has 0 spiro atoms. The van der Waals surface area contributed by atoms with Crippen LogP contribution in [-0.4, -0.2) is 26.0 Å². The van der Waals surface area contributed by atoms with Crippen molar-refractivity contribution in [1.29, 1.82) is 0 Å². The Labute approximate surface area is 113 Å². The maximum atomic E-state index is 11.9. The number of nitrogen functional groups attached to an aromatic ring is 1. The van der Waals surface area contributed by atoms with E-state index in [1.807, 2.05) is 0 Å². The van der Waals surface area contributed by atoms with Crippen LogP contribution in [-0.2, 0) is 0 Å². The van der Waals surface area contributed by atoms with Gasteiger partial charge >= 0.3 is 0 Å². The average molecular weight is 276 g/mol. The zero-order valence-corrected chi connectivity index (χ0v) is 10.8. The van der Waals surface area contributed by atoms with Crippen molar-refractivity contribution in [2.24, 2.45) is 0 Å². The van der Waals surface area contributed by atoms with Crippen molar-refractivity contribution in [1.82, 2.24) is 15.2 Å². The number of rotatable bonds is 3. The molecule has 9 nitrogen and oxygen atoms in total. The fourth-order valence-corrected chi connectivity index (χ4v) is 1.61. The minimum atomic E-state index is -0.652. The number of H-pyrrole nitrogens is 1. The molecule has 4 N–H and O–H groups in total. The van der Waals surface area contributed by atoms with E-state index in [0.717, 1.165) is 11.1 Å². The fourth-order valence-electron chi connectivity index (χ4n) is 1.61. The Hall–Kier alpha value is -2.97. The number of hydrogen-bond donors (Lipinski definition) is 3. The third-order valence-electron chi connectivity index (χ3n) is 2.77. The second kappa shape index (κ2) is 4.96. The molecule has 1 aromatic heterocycles. The van der Waals surface area contributed by atoms with E-state index < -0.39 is 10.8 Å². The van der Waals surface area contributed by atoms with E-state index in [-0.39, 0.29) is 23.1 Å². The second-order valence-electron chi connectivity index (χ2n) is 4.21. The van der Waals surface area contributed by atoms with Crippen molar-refractivity contribution in [3.05, 3.63) is 39.2 Å². The number of carbonyl (C=O) groups excluding carboxylic acids is 1. The first-order chi connectivity index (χ1) is 9.38. The molecule has 0 bridgehead atoms. The van der Waals surface area contributed by atoms with E-state index in [1.54, 1.807) is 13.8 Å². The fraction of sp³-hybridized carbons (Fsp3) is 0.182. The van der Waals surface area contributed by atoms with Crippen molar-refractivity contribution < 1.29 is 9.72 Å². The van der Waals surface area contributed by atoms with E-state index in [0.29, 0.717) is 0 Å². The summed E-state index contributed by atoms with van der Waals surface area (Å²) in [6, 6.07) is 2.94. The number of aromatic nitrogens is 3. The monoisotopic (exact) mass is 276 g/mol. The summed E-state index contributed by atoms with van der Waals surface area (Å²) in [4.78, 5) is 26.0. The van der Waals surface area contributed by atoms with Gasteiger partial charge in [-0.15, -0.1) is 5.10 Å². The molecule has 0 radical (unpaired) electrons. The highest BCUT2D eigenvalue weighted by atomic mass is 16.6. The van der Waals surface area contributed by atoms with Gasteiger partial charge in [0.05, 0.1) is 4.92 Å². The predicted molar refractivity (Wildman–Crippen MR) is 71.3 cm³/mol. The summed E-state index contributed by atoms with van der Waals surface area (Å²) >= 11 is 0. The molecule has 20 heavy (non-hydrogen) atoms. The highest BCUT2D eigenvalue weighted by Gasteiger charge is 2.19. The number of aryl methyl sites for hydroxylation is 2. The molecular weight excluding hydrogens is 264 g/mol. The predicted octanol–water partition coefficient (Wildman–Crippen LogP) is 1.16. The van der Waals surface area contributed by atoms with E-state index in [4.69, 9.17) is 5.73 Å². The molecule has 0 aliphatic heterocycles. The minimum absolute atomic E-state index is 0.0789. The number of nitrogens with one attached hydrogen (secondary N) is 2.